The van der Waals surface area contributed by atoms with E-state index in [0.717, 1.165) is 12.6 Å². The lowest BCUT2D eigenvalue weighted by atomic mass is 9.90. The fraction of sp³-hybridized carbons (Fsp3) is 0.733. The molecule has 3 heteroatoms. The first-order valence-electron chi connectivity index (χ1n) is 7.19. The van der Waals surface area contributed by atoms with Gasteiger partial charge in [0.2, 0.25) is 0 Å². The SMILES string of the molecule is CCN(C1CCC(N)CC1)C(C)c1ccc(C)s1. The van der Waals surface area contributed by atoms with E-state index < -0.39 is 0 Å². The van der Waals surface area contributed by atoms with E-state index in [1.54, 1.807) is 0 Å². The first kappa shape index (κ1) is 14.0. The summed E-state index contributed by atoms with van der Waals surface area (Å²) in [6.45, 7) is 7.96. The summed E-state index contributed by atoms with van der Waals surface area (Å²) in [7, 11) is 0. The van der Waals surface area contributed by atoms with Crippen molar-refractivity contribution in [2.45, 2.75) is 64.6 Å². The third-order valence-electron chi connectivity index (χ3n) is 4.25. The Bertz CT molecular complexity index is 366. The third-order valence-corrected chi connectivity index (χ3v) is 5.42. The van der Waals surface area contributed by atoms with Crippen LogP contribution in [0.5, 0.6) is 0 Å². The van der Waals surface area contributed by atoms with Gasteiger partial charge in [-0.05, 0) is 58.2 Å². The minimum absolute atomic E-state index is 0.444. The van der Waals surface area contributed by atoms with Gasteiger partial charge in [-0.1, -0.05) is 6.92 Å². The first-order valence-corrected chi connectivity index (χ1v) is 8.01. The summed E-state index contributed by atoms with van der Waals surface area (Å²) < 4.78 is 0. The van der Waals surface area contributed by atoms with Crippen molar-refractivity contribution in [3.63, 3.8) is 0 Å². The van der Waals surface area contributed by atoms with Gasteiger partial charge in [-0.25, -0.2) is 0 Å². The summed E-state index contributed by atoms with van der Waals surface area (Å²) in [6.07, 6.45) is 4.92. The molecular weight excluding hydrogens is 240 g/mol. The summed E-state index contributed by atoms with van der Waals surface area (Å²) in [4.78, 5) is 5.58. The average molecular weight is 266 g/mol. The number of aryl methyl sites for hydroxylation is 1. The van der Waals surface area contributed by atoms with Crippen LogP contribution in [0.25, 0.3) is 0 Å². The quantitative estimate of drug-likeness (QED) is 0.900. The van der Waals surface area contributed by atoms with E-state index in [1.165, 1.54) is 35.4 Å². The van der Waals surface area contributed by atoms with Crippen LogP contribution in [0.3, 0.4) is 0 Å². The van der Waals surface area contributed by atoms with Crippen LogP contribution < -0.4 is 5.73 Å². The predicted molar refractivity (Wildman–Crippen MR) is 80.1 cm³/mol. The fourth-order valence-corrected chi connectivity index (χ4v) is 4.07. The summed E-state index contributed by atoms with van der Waals surface area (Å²) in [5.41, 5.74) is 6.01. The average Bonchev–Trinajstić information content (AvgIpc) is 2.79. The Balaban J connectivity index is 2.03. The molecule has 2 rings (SSSR count). The van der Waals surface area contributed by atoms with Crippen LogP contribution >= 0.6 is 11.3 Å². The van der Waals surface area contributed by atoms with Crippen LogP contribution in [0.4, 0.5) is 0 Å². The molecular formula is C15H26N2S. The van der Waals surface area contributed by atoms with Crippen molar-refractivity contribution < 1.29 is 0 Å². The molecule has 1 aliphatic carbocycles. The number of nitrogens with two attached hydrogens (primary N) is 1. The molecule has 0 radical (unpaired) electrons. The van der Waals surface area contributed by atoms with Crippen LogP contribution in [0, 0.1) is 6.92 Å². The third kappa shape index (κ3) is 3.14. The molecule has 2 N–H and O–H groups in total. The van der Waals surface area contributed by atoms with Crippen LogP contribution in [0.2, 0.25) is 0 Å². The van der Waals surface area contributed by atoms with Crippen molar-refractivity contribution in [3.8, 4) is 0 Å². The molecule has 0 saturated heterocycles. The smallest absolute Gasteiger partial charge is 0.0416 e. The molecule has 1 fully saturated rings. The molecule has 0 aliphatic heterocycles. The van der Waals surface area contributed by atoms with Gasteiger partial charge in [0, 0.05) is 27.9 Å². The molecule has 0 amide bonds. The molecule has 1 heterocycles. The van der Waals surface area contributed by atoms with E-state index in [9.17, 15) is 0 Å². The second kappa shape index (κ2) is 6.18. The van der Waals surface area contributed by atoms with E-state index in [0.29, 0.717) is 12.1 Å². The lowest BCUT2D eigenvalue weighted by Crippen LogP contribution is -2.41. The van der Waals surface area contributed by atoms with Crippen molar-refractivity contribution in [1.82, 2.24) is 4.90 Å². The Labute approximate surface area is 115 Å². The minimum Gasteiger partial charge on any atom is -0.328 e. The Morgan fingerprint density at radius 3 is 2.50 bits per heavy atom. The number of rotatable bonds is 4. The normalized spacial score (nSPS) is 26.5. The van der Waals surface area contributed by atoms with Crippen molar-refractivity contribution in [3.05, 3.63) is 21.9 Å². The zero-order valence-corrected chi connectivity index (χ0v) is 12.7. The zero-order valence-electron chi connectivity index (χ0n) is 11.9. The summed E-state index contributed by atoms with van der Waals surface area (Å²) in [6, 6.07) is 6.25. The number of nitrogens with zero attached hydrogens (tertiary/aromatic N) is 1. The number of hydrogen-bond donors (Lipinski definition) is 1. The van der Waals surface area contributed by atoms with Crippen LogP contribution in [0.15, 0.2) is 12.1 Å². The highest BCUT2D eigenvalue weighted by molar-refractivity contribution is 7.12. The number of thiophene rings is 1. The van der Waals surface area contributed by atoms with Crippen LogP contribution in [-0.2, 0) is 0 Å². The molecule has 1 atom stereocenters. The van der Waals surface area contributed by atoms with Gasteiger partial charge in [-0.15, -0.1) is 11.3 Å². The Kier molecular flexibility index (Phi) is 4.82. The predicted octanol–water partition coefficient (Wildman–Crippen LogP) is 3.71. The molecule has 2 nitrogen and oxygen atoms in total. The van der Waals surface area contributed by atoms with Gasteiger partial charge >= 0.3 is 0 Å². The van der Waals surface area contributed by atoms with Gasteiger partial charge in [0.05, 0.1) is 0 Å². The lowest BCUT2D eigenvalue weighted by molar-refractivity contribution is 0.116. The standard InChI is InChI=1S/C15H26N2S/c1-4-17(14-8-6-13(16)7-9-14)12(3)15-10-5-11(2)18-15/h5,10,12-14H,4,6-9,16H2,1-3H3. The molecule has 102 valence electrons. The van der Waals surface area contributed by atoms with Crippen LogP contribution in [-0.4, -0.2) is 23.5 Å². The highest BCUT2D eigenvalue weighted by atomic mass is 32.1. The Morgan fingerprint density at radius 2 is 2.00 bits per heavy atom. The molecule has 0 spiro atoms. The maximum atomic E-state index is 6.01. The van der Waals surface area contributed by atoms with E-state index in [2.05, 4.69) is 37.8 Å². The molecule has 1 aliphatic rings. The fourth-order valence-electron chi connectivity index (χ4n) is 3.12. The molecule has 1 saturated carbocycles. The maximum absolute atomic E-state index is 6.01. The zero-order chi connectivity index (χ0) is 13.1. The van der Waals surface area contributed by atoms with Gasteiger partial charge in [0.25, 0.3) is 0 Å². The monoisotopic (exact) mass is 266 g/mol. The van der Waals surface area contributed by atoms with Gasteiger partial charge in [-0.3, -0.25) is 4.90 Å². The van der Waals surface area contributed by atoms with E-state index in [1.807, 2.05) is 11.3 Å². The van der Waals surface area contributed by atoms with E-state index in [4.69, 9.17) is 5.73 Å². The summed E-state index contributed by atoms with van der Waals surface area (Å²) >= 11 is 1.94. The second-order valence-electron chi connectivity index (χ2n) is 5.52. The van der Waals surface area contributed by atoms with Gasteiger partial charge in [-0.2, -0.15) is 0 Å². The lowest BCUT2D eigenvalue weighted by Gasteiger charge is -2.39. The van der Waals surface area contributed by atoms with Crippen LogP contribution in [0.1, 0.15) is 55.3 Å². The molecule has 1 aromatic rings. The van der Waals surface area contributed by atoms with Gasteiger partial charge < -0.3 is 5.73 Å². The highest BCUT2D eigenvalue weighted by Crippen LogP contribution is 2.32. The molecule has 1 unspecified atom stereocenters. The molecule has 0 bridgehead atoms. The summed E-state index contributed by atoms with van der Waals surface area (Å²) in [5.74, 6) is 0. The molecule has 0 aromatic carbocycles. The second-order valence-corrected chi connectivity index (χ2v) is 6.84. The Hall–Kier alpha value is -0.380. The number of hydrogen-bond acceptors (Lipinski definition) is 3. The highest BCUT2D eigenvalue weighted by Gasteiger charge is 2.27. The van der Waals surface area contributed by atoms with E-state index >= 15 is 0 Å². The maximum Gasteiger partial charge on any atom is 0.0416 e. The minimum atomic E-state index is 0.444. The van der Waals surface area contributed by atoms with Gasteiger partial charge in [0.1, 0.15) is 0 Å². The van der Waals surface area contributed by atoms with Crippen molar-refractivity contribution >= 4 is 11.3 Å². The molecule has 1 aromatic heterocycles. The van der Waals surface area contributed by atoms with E-state index in [-0.39, 0.29) is 0 Å². The van der Waals surface area contributed by atoms with Gasteiger partial charge in [0.15, 0.2) is 0 Å². The van der Waals surface area contributed by atoms with Crippen molar-refractivity contribution in [2.75, 3.05) is 6.54 Å². The largest absolute Gasteiger partial charge is 0.328 e. The Morgan fingerprint density at radius 1 is 1.33 bits per heavy atom. The van der Waals surface area contributed by atoms with Crippen molar-refractivity contribution in [1.29, 1.82) is 0 Å². The summed E-state index contributed by atoms with van der Waals surface area (Å²) in [5, 5.41) is 0. The topological polar surface area (TPSA) is 29.3 Å². The first-order chi connectivity index (χ1) is 8.61. The molecule has 18 heavy (non-hydrogen) atoms. The van der Waals surface area contributed by atoms with Crippen molar-refractivity contribution in [2.24, 2.45) is 5.73 Å².